The van der Waals surface area contributed by atoms with Crippen molar-refractivity contribution in [3.63, 3.8) is 0 Å². The van der Waals surface area contributed by atoms with Gasteiger partial charge in [-0.15, -0.1) is 0 Å². The average Bonchev–Trinajstić information content (AvgIpc) is 2.75. The Hall–Kier alpha value is -2.73. The van der Waals surface area contributed by atoms with Crippen LogP contribution in [0.3, 0.4) is 0 Å². The summed E-state index contributed by atoms with van der Waals surface area (Å²) in [5.41, 5.74) is 4.06. The molecule has 29 heavy (non-hydrogen) atoms. The summed E-state index contributed by atoms with van der Waals surface area (Å²) in [5.74, 6) is 2.07. The third-order valence-corrected chi connectivity index (χ3v) is 5.67. The fraction of sp³-hybridized carbons (Fsp3) is 0.435. The molecular weight excluding hydrogens is 368 g/mol. The topological polar surface area (TPSA) is 51.2 Å². The first kappa shape index (κ1) is 21.0. The smallest absolute Gasteiger partial charge is 0.254 e. The van der Waals surface area contributed by atoms with E-state index in [2.05, 4.69) is 4.90 Å². The first-order chi connectivity index (χ1) is 14.0. The molecule has 6 nitrogen and oxygen atoms in total. The first-order valence-electron chi connectivity index (χ1n) is 9.85. The zero-order chi connectivity index (χ0) is 21.0. The van der Waals surface area contributed by atoms with Crippen molar-refractivity contribution >= 4 is 5.91 Å². The van der Waals surface area contributed by atoms with Gasteiger partial charge in [-0.1, -0.05) is 18.2 Å². The van der Waals surface area contributed by atoms with E-state index in [0.29, 0.717) is 30.3 Å². The Morgan fingerprint density at radius 3 is 2.21 bits per heavy atom. The van der Waals surface area contributed by atoms with E-state index in [1.807, 2.05) is 49.1 Å². The van der Waals surface area contributed by atoms with Gasteiger partial charge in [0.2, 0.25) is 5.75 Å². The van der Waals surface area contributed by atoms with E-state index < -0.39 is 0 Å². The Labute approximate surface area is 173 Å². The minimum atomic E-state index is 0.120. The van der Waals surface area contributed by atoms with E-state index in [-0.39, 0.29) is 5.91 Å². The van der Waals surface area contributed by atoms with Crippen LogP contribution in [0.4, 0.5) is 0 Å². The minimum Gasteiger partial charge on any atom is -0.493 e. The Kier molecular flexibility index (Phi) is 6.64. The van der Waals surface area contributed by atoms with Crippen molar-refractivity contribution in [2.45, 2.75) is 20.4 Å². The fourth-order valence-corrected chi connectivity index (χ4v) is 3.79. The number of amides is 1. The number of methoxy groups -OCH3 is 3. The number of rotatable bonds is 6. The van der Waals surface area contributed by atoms with Gasteiger partial charge in [0, 0.05) is 43.9 Å². The molecule has 3 rings (SSSR count). The van der Waals surface area contributed by atoms with Crippen molar-refractivity contribution in [1.29, 1.82) is 0 Å². The maximum atomic E-state index is 12.9. The van der Waals surface area contributed by atoms with Crippen molar-refractivity contribution in [3.05, 3.63) is 52.6 Å². The number of piperazine rings is 1. The molecule has 1 saturated heterocycles. The Morgan fingerprint density at radius 1 is 0.897 bits per heavy atom. The molecule has 0 radical (unpaired) electrons. The minimum absolute atomic E-state index is 0.120. The third kappa shape index (κ3) is 4.32. The molecule has 0 aliphatic carbocycles. The highest BCUT2D eigenvalue weighted by Gasteiger charge is 2.25. The molecule has 156 valence electrons. The van der Waals surface area contributed by atoms with Gasteiger partial charge in [-0.25, -0.2) is 0 Å². The lowest BCUT2D eigenvalue weighted by molar-refractivity contribution is 0.0626. The Morgan fingerprint density at radius 2 is 1.59 bits per heavy atom. The zero-order valence-corrected chi connectivity index (χ0v) is 17.9. The number of nitrogens with zero attached hydrogens (tertiary/aromatic N) is 2. The molecule has 1 aliphatic heterocycles. The number of hydrogen-bond acceptors (Lipinski definition) is 5. The summed E-state index contributed by atoms with van der Waals surface area (Å²) in [4.78, 5) is 17.2. The molecule has 6 heteroatoms. The molecule has 0 aromatic heterocycles. The van der Waals surface area contributed by atoms with Crippen LogP contribution in [-0.4, -0.2) is 63.2 Å². The molecule has 1 fully saturated rings. The van der Waals surface area contributed by atoms with E-state index in [0.717, 1.165) is 41.9 Å². The van der Waals surface area contributed by atoms with Crippen LogP contribution >= 0.6 is 0 Å². The van der Waals surface area contributed by atoms with E-state index in [4.69, 9.17) is 14.2 Å². The first-order valence-corrected chi connectivity index (χ1v) is 9.85. The van der Waals surface area contributed by atoms with Crippen LogP contribution in [0.5, 0.6) is 17.2 Å². The van der Waals surface area contributed by atoms with Crippen molar-refractivity contribution in [1.82, 2.24) is 9.80 Å². The SMILES string of the molecule is COc1ccc(CN2CCN(C(=O)c3cccc(C)c3C)CC2)c(OC)c1OC. The predicted octanol–water partition coefficient (Wildman–Crippen LogP) is 3.29. The van der Waals surface area contributed by atoms with Gasteiger partial charge >= 0.3 is 0 Å². The van der Waals surface area contributed by atoms with Gasteiger partial charge in [0.25, 0.3) is 5.91 Å². The van der Waals surface area contributed by atoms with E-state index in [9.17, 15) is 4.79 Å². The molecule has 0 bridgehead atoms. The standard InChI is InChI=1S/C23H30N2O4/c1-16-7-6-8-19(17(16)2)23(26)25-13-11-24(12-14-25)15-18-9-10-20(27-3)22(29-5)21(18)28-4/h6-10H,11-15H2,1-5H3. The second-order valence-corrected chi connectivity index (χ2v) is 7.31. The maximum absolute atomic E-state index is 12.9. The number of aryl methyl sites for hydroxylation is 1. The summed E-state index contributed by atoms with van der Waals surface area (Å²) >= 11 is 0. The Bertz CT molecular complexity index is 873. The number of hydrogen-bond donors (Lipinski definition) is 0. The number of carbonyl (C=O) groups is 1. The molecule has 0 N–H and O–H groups in total. The quantitative estimate of drug-likeness (QED) is 0.747. The lowest BCUT2D eigenvalue weighted by atomic mass is 10.0. The van der Waals surface area contributed by atoms with Crippen molar-refractivity contribution in [2.75, 3.05) is 47.5 Å². The van der Waals surface area contributed by atoms with Crippen molar-refractivity contribution in [3.8, 4) is 17.2 Å². The van der Waals surface area contributed by atoms with E-state index in [1.54, 1.807) is 21.3 Å². The largest absolute Gasteiger partial charge is 0.493 e. The predicted molar refractivity (Wildman–Crippen MR) is 113 cm³/mol. The van der Waals surface area contributed by atoms with E-state index >= 15 is 0 Å². The highest BCUT2D eigenvalue weighted by molar-refractivity contribution is 5.96. The van der Waals surface area contributed by atoms with Crippen LogP contribution in [0.15, 0.2) is 30.3 Å². The molecule has 0 unspecified atom stereocenters. The highest BCUT2D eigenvalue weighted by atomic mass is 16.5. The molecule has 2 aromatic rings. The molecule has 1 aliphatic rings. The number of carbonyl (C=O) groups excluding carboxylic acids is 1. The van der Waals surface area contributed by atoms with Crippen LogP contribution in [0.2, 0.25) is 0 Å². The summed E-state index contributed by atoms with van der Waals surface area (Å²) in [6.07, 6.45) is 0. The Balaban J connectivity index is 1.67. The fourth-order valence-electron chi connectivity index (χ4n) is 3.79. The van der Waals surface area contributed by atoms with Crippen molar-refractivity contribution in [2.24, 2.45) is 0 Å². The van der Waals surface area contributed by atoms with Gasteiger partial charge < -0.3 is 19.1 Å². The van der Waals surface area contributed by atoms with Crippen LogP contribution in [0.1, 0.15) is 27.0 Å². The third-order valence-electron chi connectivity index (χ3n) is 5.67. The van der Waals surface area contributed by atoms with Gasteiger partial charge in [0.1, 0.15) is 0 Å². The second kappa shape index (κ2) is 9.18. The van der Waals surface area contributed by atoms with Crippen LogP contribution in [0, 0.1) is 13.8 Å². The molecule has 0 atom stereocenters. The van der Waals surface area contributed by atoms with Crippen molar-refractivity contribution < 1.29 is 19.0 Å². The van der Waals surface area contributed by atoms with Crippen LogP contribution in [0.25, 0.3) is 0 Å². The highest BCUT2D eigenvalue weighted by Crippen LogP contribution is 2.40. The summed E-state index contributed by atoms with van der Waals surface area (Å²) in [7, 11) is 4.87. The van der Waals surface area contributed by atoms with Gasteiger partial charge in [-0.3, -0.25) is 9.69 Å². The van der Waals surface area contributed by atoms with Gasteiger partial charge in [-0.2, -0.15) is 0 Å². The van der Waals surface area contributed by atoms with Gasteiger partial charge in [0.05, 0.1) is 21.3 Å². The normalized spacial score (nSPS) is 14.6. The molecule has 1 heterocycles. The van der Waals surface area contributed by atoms with Crippen LogP contribution < -0.4 is 14.2 Å². The van der Waals surface area contributed by atoms with Crippen LogP contribution in [-0.2, 0) is 6.54 Å². The average molecular weight is 399 g/mol. The number of benzene rings is 2. The maximum Gasteiger partial charge on any atom is 0.254 e. The molecular formula is C23H30N2O4. The molecule has 2 aromatic carbocycles. The van der Waals surface area contributed by atoms with Gasteiger partial charge in [-0.05, 0) is 37.1 Å². The summed E-state index contributed by atoms with van der Waals surface area (Å²) < 4.78 is 16.4. The lowest BCUT2D eigenvalue weighted by Gasteiger charge is -2.35. The molecule has 0 spiro atoms. The lowest BCUT2D eigenvalue weighted by Crippen LogP contribution is -2.48. The summed E-state index contributed by atoms with van der Waals surface area (Å²) in [5, 5.41) is 0. The van der Waals surface area contributed by atoms with E-state index in [1.165, 1.54) is 0 Å². The molecule has 0 saturated carbocycles. The number of ether oxygens (including phenoxy) is 3. The monoisotopic (exact) mass is 398 g/mol. The zero-order valence-electron chi connectivity index (χ0n) is 17.9. The van der Waals surface area contributed by atoms with Gasteiger partial charge in [0.15, 0.2) is 11.5 Å². The molecule has 1 amide bonds. The summed E-state index contributed by atoms with van der Waals surface area (Å²) in [6, 6.07) is 9.83. The second-order valence-electron chi connectivity index (χ2n) is 7.31. The summed E-state index contributed by atoms with van der Waals surface area (Å²) in [6.45, 7) is 7.84.